The molecule has 0 saturated heterocycles. The summed E-state index contributed by atoms with van der Waals surface area (Å²) in [7, 11) is 0. The van der Waals surface area contributed by atoms with Crippen LogP contribution in [0.5, 0.6) is 23.0 Å². The molecule has 0 radical (unpaired) electrons. The first-order chi connectivity index (χ1) is 23.3. The van der Waals surface area contributed by atoms with Crippen LogP contribution in [0.1, 0.15) is 22.3 Å². The van der Waals surface area contributed by atoms with Gasteiger partial charge in [0.05, 0.1) is 0 Å². The molecule has 7 aromatic carbocycles. The van der Waals surface area contributed by atoms with Gasteiger partial charge < -0.3 is 9.47 Å². The third-order valence-corrected chi connectivity index (χ3v) is 10.7. The van der Waals surface area contributed by atoms with Crippen LogP contribution in [0.2, 0.25) is 0 Å². The molecule has 0 aromatic heterocycles. The highest BCUT2D eigenvalue weighted by molar-refractivity contribution is 6.98. The van der Waals surface area contributed by atoms with Crippen molar-refractivity contribution < 1.29 is 9.47 Å². The molecule has 3 heteroatoms. The van der Waals surface area contributed by atoms with Gasteiger partial charge in [0.15, 0.2) is 0 Å². The molecule has 0 unspecified atom stereocenters. The Balaban J connectivity index is 1.05. The van der Waals surface area contributed by atoms with E-state index in [1.54, 1.807) is 0 Å². The maximum atomic E-state index is 6.65. The van der Waals surface area contributed by atoms with Gasteiger partial charge in [-0.25, -0.2) is 0 Å². The van der Waals surface area contributed by atoms with Gasteiger partial charge in [-0.1, -0.05) is 115 Å². The molecule has 2 aliphatic carbocycles. The van der Waals surface area contributed by atoms with Crippen LogP contribution in [-0.2, 0) is 12.8 Å². The van der Waals surface area contributed by atoms with E-state index in [1.165, 1.54) is 72.1 Å². The van der Waals surface area contributed by atoms with Gasteiger partial charge in [-0.3, -0.25) is 0 Å². The van der Waals surface area contributed by atoms with Crippen molar-refractivity contribution in [3.63, 3.8) is 0 Å². The lowest BCUT2D eigenvalue weighted by molar-refractivity contribution is 0.465. The number of hydrogen-bond acceptors (Lipinski definition) is 2. The Morgan fingerprint density at radius 1 is 0.383 bits per heavy atom. The molecule has 0 spiro atoms. The Kier molecular flexibility index (Phi) is 5.07. The molecule has 2 aliphatic heterocycles. The quantitative estimate of drug-likeness (QED) is 0.185. The summed E-state index contributed by atoms with van der Waals surface area (Å²) in [6.45, 7) is 0.0796. The van der Waals surface area contributed by atoms with Crippen molar-refractivity contribution in [2.75, 3.05) is 0 Å². The molecule has 0 saturated carbocycles. The van der Waals surface area contributed by atoms with Crippen molar-refractivity contribution >= 4 is 23.1 Å². The van der Waals surface area contributed by atoms with Gasteiger partial charge in [-0.05, 0) is 115 Å². The van der Waals surface area contributed by atoms with Gasteiger partial charge in [-0.15, -0.1) is 0 Å². The van der Waals surface area contributed by atoms with Gasteiger partial charge in [0.2, 0.25) is 0 Å². The Hall–Kier alpha value is -5.80. The molecule has 2 nitrogen and oxygen atoms in total. The third kappa shape index (κ3) is 3.52. The van der Waals surface area contributed by atoms with Crippen molar-refractivity contribution in [3.8, 4) is 67.5 Å². The fraction of sp³-hybridized carbons (Fsp3) is 0.0455. The molecule has 4 aliphatic rings. The summed E-state index contributed by atoms with van der Waals surface area (Å²) in [5.74, 6) is 3.59. The zero-order chi connectivity index (χ0) is 30.6. The van der Waals surface area contributed by atoms with E-state index >= 15 is 0 Å². The molecule has 2 heterocycles. The number of para-hydroxylation sites is 2. The van der Waals surface area contributed by atoms with E-state index < -0.39 is 0 Å². The molecule has 0 N–H and O–H groups in total. The van der Waals surface area contributed by atoms with Crippen molar-refractivity contribution in [2.45, 2.75) is 12.8 Å². The van der Waals surface area contributed by atoms with E-state index in [0.717, 1.165) is 46.9 Å². The van der Waals surface area contributed by atoms with Crippen LogP contribution in [0.25, 0.3) is 44.5 Å². The Morgan fingerprint density at radius 2 is 0.830 bits per heavy atom. The zero-order valence-electron chi connectivity index (χ0n) is 25.6. The minimum Gasteiger partial charge on any atom is -0.458 e. The summed E-state index contributed by atoms with van der Waals surface area (Å²) in [6, 6.07) is 50.6. The molecule has 0 fully saturated rings. The van der Waals surface area contributed by atoms with Crippen LogP contribution >= 0.6 is 0 Å². The highest BCUT2D eigenvalue weighted by Gasteiger charge is 2.40. The van der Waals surface area contributed by atoms with E-state index in [9.17, 15) is 0 Å². The van der Waals surface area contributed by atoms with Crippen LogP contribution in [0.3, 0.4) is 0 Å². The molecule has 47 heavy (non-hydrogen) atoms. The maximum Gasteiger partial charge on any atom is 0.260 e. The highest BCUT2D eigenvalue weighted by Crippen LogP contribution is 2.49. The molecule has 0 bridgehead atoms. The summed E-state index contributed by atoms with van der Waals surface area (Å²) in [5, 5.41) is 0. The lowest BCUT2D eigenvalue weighted by Crippen LogP contribution is -2.57. The third-order valence-electron chi connectivity index (χ3n) is 10.7. The monoisotopic (exact) mass is 598 g/mol. The van der Waals surface area contributed by atoms with Crippen molar-refractivity contribution in [1.82, 2.24) is 0 Å². The first kappa shape index (κ1) is 25.4. The number of benzene rings is 7. The summed E-state index contributed by atoms with van der Waals surface area (Å²) < 4.78 is 13.3. The van der Waals surface area contributed by atoms with Gasteiger partial charge >= 0.3 is 0 Å². The minimum absolute atomic E-state index is 0.0796. The smallest absolute Gasteiger partial charge is 0.260 e. The van der Waals surface area contributed by atoms with E-state index in [4.69, 9.17) is 9.47 Å². The average Bonchev–Trinajstić information content (AvgIpc) is 3.70. The first-order valence-corrected chi connectivity index (χ1v) is 16.5. The summed E-state index contributed by atoms with van der Waals surface area (Å²) in [6.07, 6.45) is 1.87. The second-order valence-electron chi connectivity index (χ2n) is 13.1. The molecular weight excluding hydrogens is 571 g/mol. The first-order valence-electron chi connectivity index (χ1n) is 16.5. The minimum atomic E-state index is 0.0796. The Morgan fingerprint density at radius 3 is 1.45 bits per heavy atom. The van der Waals surface area contributed by atoms with E-state index in [2.05, 4.69) is 140 Å². The zero-order valence-corrected chi connectivity index (χ0v) is 25.6. The van der Waals surface area contributed by atoms with Gasteiger partial charge in [0.1, 0.15) is 23.0 Å². The van der Waals surface area contributed by atoms with E-state index in [1.807, 2.05) is 0 Å². The summed E-state index contributed by atoms with van der Waals surface area (Å²) in [5.41, 5.74) is 19.6. The van der Waals surface area contributed by atoms with Gasteiger partial charge in [0.25, 0.3) is 6.71 Å². The van der Waals surface area contributed by atoms with Crippen LogP contribution in [0.15, 0.2) is 140 Å². The van der Waals surface area contributed by atoms with Crippen LogP contribution in [0, 0.1) is 0 Å². The predicted molar refractivity (Wildman–Crippen MR) is 191 cm³/mol. The standard InChI is InChI=1S/C44H27BO2/c1-2-11-28-26(10-1)22-35-30(28)13-8-15-31(35)33-16-9-17-34-32-14-7-12-29(36(32)25-37(33)34)27-23-42-44-43(24-27)47-41-21-6-4-19-39(41)45(44)38-18-3-5-20-40(38)46-42/h1-21,23-24H,22,25H2. The normalized spacial score (nSPS) is 13.7. The molecular formula is C44H27BO2. The van der Waals surface area contributed by atoms with Gasteiger partial charge in [0, 0.05) is 5.46 Å². The lowest BCUT2D eigenvalue weighted by Gasteiger charge is -2.33. The second-order valence-corrected chi connectivity index (χ2v) is 13.1. The van der Waals surface area contributed by atoms with Crippen LogP contribution < -0.4 is 25.9 Å². The molecule has 218 valence electrons. The maximum absolute atomic E-state index is 6.65. The van der Waals surface area contributed by atoms with E-state index in [-0.39, 0.29) is 6.71 Å². The van der Waals surface area contributed by atoms with Crippen LogP contribution in [0.4, 0.5) is 0 Å². The topological polar surface area (TPSA) is 18.5 Å². The molecule has 0 atom stereocenters. The number of hydrogen-bond donors (Lipinski definition) is 0. The largest absolute Gasteiger partial charge is 0.458 e. The van der Waals surface area contributed by atoms with E-state index in [0.29, 0.717) is 0 Å². The Labute approximate surface area is 274 Å². The van der Waals surface area contributed by atoms with Crippen LogP contribution in [-0.4, -0.2) is 6.71 Å². The van der Waals surface area contributed by atoms with Crippen molar-refractivity contribution in [1.29, 1.82) is 0 Å². The Bertz CT molecular complexity index is 2420. The fourth-order valence-corrected chi connectivity index (χ4v) is 8.72. The molecule has 0 amide bonds. The average molecular weight is 599 g/mol. The molecule has 7 aromatic rings. The lowest BCUT2D eigenvalue weighted by atomic mass is 9.35. The summed E-state index contributed by atoms with van der Waals surface area (Å²) >= 11 is 0. The van der Waals surface area contributed by atoms with Gasteiger partial charge in [-0.2, -0.15) is 0 Å². The molecule has 11 rings (SSSR count). The predicted octanol–water partition coefficient (Wildman–Crippen LogP) is 8.89. The fourth-order valence-electron chi connectivity index (χ4n) is 8.72. The SMILES string of the molecule is c1ccc2c(c1)Cc1c-2cccc1-c1cccc2c1Cc1c(-c3cc4c5c(c3)Oc3ccccc3B5c3ccccc3O4)cccc1-2. The number of ether oxygens (including phenoxy) is 2. The highest BCUT2D eigenvalue weighted by atomic mass is 16.5. The van der Waals surface area contributed by atoms with Crippen molar-refractivity contribution in [3.05, 3.63) is 162 Å². The summed E-state index contributed by atoms with van der Waals surface area (Å²) in [4.78, 5) is 0. The van der Waals surface area contributed by atoms with Crippen molar-refractivity contribution in [2.24, 2.45) is 0 Å². The number of rotatable bonds is 2. The second kappa shape index (κ2) is 9.37. The number of fused-ring (bicyclic) bond motifs is 10.